The van der Waals surface area contributed by atoms with Crippen LogP contribution in [0.1, 0.15) is 82.0 Å². The first kappa shape index (κ1) is 21.4. The zero-order chi connectivity index (χ0) is 20.6. The van der Waals surface area contributed by atoms with E-state index in [9.17, 15) is 9.59 Å². The van der Waals surface area contributed by atoms with E-state index in [1.165, 1.54) is 32.1 Å². The number of amides is 2. The molecular weight excluding hydrogens is 362 g/mol. The monoisotopic (exact) mass is 397 g/mol. The van der Waals surface area contributed by atoms with E-state index in [-0.39, 0.29) is 23.9 Å². The van der Waals surface area contributed by atoms with Crippen LogP contribution in [0.15, 0.2) is 30.5 Å². The summed E-state index contributed by atoms with van der Waals surface area (Å²) in [7, 11) is 0. The SMILES string of the molecule is CCCCCCCCC(C)NC(=O)C1CCCN1C(=O)c1ccc2[nH]ccc2c1. The van der Waals surface area contributed by atoms with Crippen molar-refractivity contribution in [2.75, 3.05) is 6.54 Å². The van der Waals surface area contributed by atoms with Crippen molar-refractivity contribution in [3.63, 3.8) is 0 Å². The summed E-state index contributed by atoms with van der Waals surface area (Å²) in [6, 6.07) is 7.44. The van der Waals surface area contributed by atoms with Gasteiger partial charge in [-0.3, -0.25) is 9.59 Å². The summed E-state index contributed by atoms with van der Waals surface area (Å²) in [4.78, 5) is 30.8. The molecule has 0 spiro atoms. The molecule has 2 aromatic rings. The highest BCUT2D eigenvalue weighted by Gasteiger charge is 2.34. The van der Waals surface area contributed by atoms with Gasteiger partial charge in [-0.25, -0.2) is 0 Å². The third-order valence-electron chi connectivity index (χ3n) is 6.00. The Kier molecular flexibility index (Phi) is 7.73. The van der Waals surface area contributed by atoms with Crippen LogP contribution in [-0.4, -0.2) is 40.3 Å². The molecule has 2 atom stereocenters. The largest absolute Gasteiger partial charge is 0.361 e. The fourth-order valence-corrected chi connectivity index (χ4v) is 4.28. The maximum atomic E-state index is 13.0. The third-order valence-corrected chi connectivity index (χ3v) is 6.00. The maximum Gasteiger partial charge on any atom is 0.254 e. The molecule has 158 valence electrons. The van der Waals surface area contributed by atoms with Crippen LogP contribution in [0, 0.1) is 0 Å². The topological polar surface area (TPSA) is 65.2 Å². The highest BCUT2D eigenvalue weighted by molar-refractivity contribution is 6.00. The van der Waals surface area contributed by atoms with Gasteiger partial charge in [-0.15, -0.1) is 0 Å². The Balaban J connectivity index is 1.51. The number of unbranched alkanes of at least 4 members (excludes halogenated alkanes) is 5. The number of aromatic nitrogens is 1. The summed E-state index contributed by atoms with van der Waals surface area (Å²) in [5.41, 5.74) is 1.66. The van der Waals surface area contributed by atoms with E-state index in [4.69, 9.17) is 0 Å². The summed E-state index contributed by atoms with van der Waals surface area (Å²) in [6.07, 6.45) is 12.0. The molecule has 2 heterocycles. The Labute approximate surface area is 174 Å². The number of hydrogen-bond acceptors (Lipinski definition) is 2. The number of aromatic amines is 1. The zero-order valence-electron chi connectivity index (χ0n) is 17.9. The molecule has 0 aliphatic carbocycles. The number of hydrogen-bond donors (Lipinski definition) is 2. The maximum absolute atomic E-state index is 13.0. The molecule has 0 saturated carbocycles. The van der Waals surface area contributed by atoms with Crippen LogP contribution in [0.2, 0.25) is 0 Å². The van der Waals surface area contributed by atoms with Gasteiger partial charge >= 0.3 is 0 Å². The lowest BCUT2D eigenvalue weighted by atomic mass is 10.1. The highest BCUT2D eigenvalue weighted by Crippen LogP contribution is 2.23. The smallest absolute Gasteiger partial charge is 0.254 e. The van der Waals surface area contributed by atoms with Crippen molar-refractivity contribution in [2.45, 2.75) is 83.7 Å². The van der Waals surface area contributed by atoms with Crippen LogP contribution in [0.5, 0.6) is 0 Å². The summed E-state index contributed by atoms with van der Waals surface area (Å²) in [6.45, 7) is 4.95. The number of likely N-dealkylation sites (tertiary alicyclic amines) is 1. The van der Waals surface area contributed by atoms with Gasteiger partial charge in [0.15, 0.2) is 0 Å². The minimum atomic E-state index is -0.351. The fourth-order valence-electron chi connectivity index (χ4n) is 4.28. The second-order valence-electron chi connectivity index (χ2n) is 8.40. The Morgan fingerprint density at radius 1 is 1.17 bits per heavy atom. The van der Waals surface area contributed by atoms with E-state index in [1.54, 1.807) is 4.90 Å². The van der Waals surface area contributed by atoms with E-state index in [0.29, 0.717) is 12.1 Å². The molecule has 0 radical (unpaired) electrons. The van der Waals surface area contributed by atoms with E-state index < -0.39 is 0 Å². The van der Waals surface area contributed by atoms with Crippen LogP contribution < -0.4 is 5.32 Å². The van der Waals surface area contributed by atoms with Gasteiger partial charge in [-0.2, -0.15) is 0 Å². The van der Waals surface area contributed by atoms with E-state index in [2.05, 4.69) is 24.1 Å². The first-order valence-corrected chi connectivity index (χ1v) is 11.3. The number of nitrogens with one attached hydrogen (secondary N) is 2. The van der Waals surface area contributed by atoms with Gasteiger partial charge in [0.2, 0.25) is 5.91 Å². The lowest BCUT2D eigenvalue weighted by molar-refractivity contribution is -0.125. The summed E-state index contributed by atoms with van der Waals surface area (Å²) in [5.74, 6) is -0.0496. The molecule has 1 saturated heterocycles. The van der Waals surface area contributed by atoms with Crippen LogP contribution in [0.25, 0.3) is 10.9 Å². The van der Waals surface area contributed by atoms with Crippen molar-refractivity contribution < 1.29 is 9.59 Å². The molecule has 1 aromatic heterocycles. The van der Waals surface area contributed by atoms with Crippen molar-refractivity contribution >= 4 is 22.7 Å². The van der Waals surface area contributed by atoms with Crippen LogP contribution >= 0.6 is 0 Å². The fraction of sp³-hybridized carbons (Fsp3) is 0.583. The predicted octanol–water partition coefficient (Wildman–Crippen LogP) is 5.03. The summed E-state index contributed by atoms with van der Waals surface area (Å²) >= 11 is 0. The molecule has 5 nitrogen and oxygen atoms in total. The first-order valence-electron chi connectivity index (χ1n) is 11.3. The van der Waals surface area contributed by atoms with Gasteiger partial charge in [0.25, 0.3) is 5.91 Å². The third kappa shape index (κ3) is 5.62. The molecule has 29 heavy (non-hydrogen) atoms. The number of fused-ring (bicyclic) bond motifs is 1. The van der Waals surface area contributed by atoms with Gasteiger partial charge < -0.3 is 15.2 Å². The predicted molar refractivity (Wildman–Crippen MR) is 118 cm³/mol. The van der Waals surface area contributed by atoms with Gasteiger partial charge in [-0.05, 0) is 50.5 Å². The van der Waals surface area contributed by atoms with E-state index in [1.807, 2.05) is 30.5 Å². The number of rotatable bonds is 10. The lowest BCUT2D eigenvalue weighted by Crippen LogP contribution is -2.48. The minimum absolute atomic E-state index is 0.00273. The zero-order valence-corrected chi connectivity index (χ0v) is 17.9. The Morgan fingerprint density at radius 3 is 2.79 bits per heavy atom. The van der Waals surface area contributed by atoms with Gasteiger partial charge in [0, 0.05) is 35.2 Å². The van der Waals surface area contributed by atoms with Crippen LogP contribution in [0.4, 0.5) is 0 Å². The first-order chi connectivity index (χ1) is 14.1. The Hall–Kier alpha value is -2.30. The van der Waals surface area contributed by atoms with Crippen LogP contribution in [0.3, 0.4) is 0 Å². The van der Waals surface area contributed by atoms with Crippen molar-refractivity contribution in [3.8, 4) is 0 Å². The second kappa shape index (κ2) is 10.5. The Morgan fingerprint density at radius 2 is 1.97 bits per heavy atom. The lowest BCUT2D eigenvalue weighted by Gasteiger charge is -2.25. The standard InChI is InChI=1S/C24H35N3O2/c1-3-4-5-6-7-8-10-18(2)26-23(28)22-11-9-16-27(22)24(29)20-12-13-21-19(17-20)14-15-25-21/h12-15,17-18,22,25H,3-11,16H2,1-2H3,(H,26,28). The van der Waals surface area contributed by atoms with Crippen molar-refractivity contribution in [1.82, 2.24) is 15.2 Å². The molecule has 5 heteroatoms. The Bertz CT molecular complexity index is 813. The number of carbonyl (C=O) groups is 2. The molecule has 2 amide bonds. The average molecular weight is 398 g/mol. The van der Waals surface area contributed by atoms with Crippen molar-refractivity contribution in [3.05, 3.63) is 36.0 Å². The van der Waals surface area contributed by atoms with Gasteiger partial charge in [-0.1, -0.05) is 45.4 Å². The quantitative estimate of drug-likeness (QED) is 0.552. The normalized spacial score (nSPS) is 17.6. The molecule has 3 rings (SSSR count). The van der Waals surface area contributed by atoms with Crippen molar-refractivity contribution in [1.29, 1.82) is 0 Å². The molecule has 2 unspecified atom stereocenters. The van der Waals surface area contributed by atoms with E-state index >= 15 is 0 Å². The number of H-pyrrole nitrogens is 1. The van der Waals surface area contributed by atoms with Gasteiger partial charge in [0.05, 0.1) is 0 Å². The molecule has 1 aliphatic rings. The summed E-state index contributed by atoms with van der Waals surface area (Å²) in [5, 5.41) is 4.17. The molecular formula is C24H35N3O2. The number of carbonyl (C=O) groups excluding carboxylic acids is 2. The van der Waals surface area contributed by atoms with Crippen molar-refractivity contribution in [2.24, 2.45) is 0 Å². The molecule has 2 N–H and O–H groups in total. The summed E-state index contributed by atoms with van der Waals surface area (Å²) < 4.78 is 0. The minimum Gasteiger partial charge on any atom is -0.361 e. The van der Waals surface area contributed by atoms with Gasteiger partial charge in [0.1, 0.15) is 6.04 Å². The highest BCUT2D eigenvalue weighted by atomic mass is 16.2. The number of benzene rings is 1. The molecule has 1 fully saturated rings. The van der Waals surface area contributed by atoms with E-state index in [0.717, 1.165) is 36.6 Å². The average Bonchev–Trinajstić information content (AvgIpc) is 3.38. The van der Waals surface area contributed by atoms with Crippen LogP contribution in [-0.2, 0) is 4.79 Å². The second-order valence-corrected chi connectivity index (χ2v) is 8.40. The molecule has 1 aliphatic heterocycles. The number of nitrogens with zero attached hydrogens (tertiary/aromatic N) is 1. The molecule has 0 bridgehead atoms. The molecule has 1 aromatic carbocycles.